The Kier molecular flexibility index (Phi) is 5.50. The molecule has 0 aliphatic carbocycles. The fourth-order valence-corrected chi connectivity index (χ4v) is 4.72. The Morgan fingerprint density at radius 2 is 1.77 bits per heavy atom. The molecule has 2 fully saturated rings. The van der Waals surface area contributed by atoms with Gasteiger partial charge in [0.15, 0.2) is 0 Å². The van der Waals surface area contributed by atoms with Crippen LogP contribution in [-0.2, 0) is 16.0 Å². The summed E-state index contributed by atoms with van der Waals surface area (Å²) in [7, 11) is 0. The Labute approximate surface area is 177 Å². The molecule has 30 heavy (non-hydrogen) atoms. The predicted octanol–water partition coefficient (Wildman–Crippen LogP) is 4.86. The highest BCUT2D eigenvalue weighted by Crippen LogP contribution is 2.26. The summed E-state index contributed by atoms with van der Waals surface area (Å²) in [5.41, 5.74) is 3.53. The molecule has 154 valence electrons. The van der Waals surface area contributed by atoms with Gasteiger partial charge in [-0.05, 0) is 55.0 Å². The van der Waals surface area contributed by atoms with Crippen LogP contribution in [-0.4, -0.2) is 41.6 Å². The highest BCUT2D eigenvalue weighted by Gasteiger charge is 2.30. The number of benzene rings is 2. The molecule has 2 aromatic carbocycles. The van der Waals surface area contributed by atoms with Gasteiger partial charge >= 0.3 is 0 Å². The lowest BCUT2D eigenvalue weighted by atomic mass is 9.89. The molecule has 0 radical (unpaired) electrons. The van der Waals surface area contributed by atoms with Crippen LogP contribution in [0.3, 0.4) is 0 Å². The van der Waals surface area contributed by atoms with E-state index in [0.717, 1.165) is 63.1 Å². The number of hydrogen-bond acceptors (Lipinski definition) is 3. The minimum Gasteiger partial charge on any atom is -0.368 e. The first-order chi connectivity index (χ1) is 14.8. The first-order valence-corrected chi connectivity index (χ1v) is 11.1. The van der Waals surface area contributed by atoms with Crippen LogP contribution in [0.2, 0.25) is 0 Å². The number of ether oxygens (including phenoxy) is 1. The Morgan fingerprint density at radius 1 is 1.00 bits per heavy atom. The maximum Gasteiger partial charge on any atom is 0.251 e. The van der Waals surface area contributed by atoms with Crippen LogP contribution >= 0.6 is 0 Å². The Morgan fingerprint density at radius 3 is 2.50 bits per heavy atom. The van der Waals surface area contributed by atoms with Gasteiger partial charge in [0.1, 0.15) is 6.10 Å². The minimum atomic E-state index is -0.183. The minimum absolute atomic E-state index is 0.183. The van der Waals surface area contributed by atoms with Gasteiger partial charge in [0.05, 0.1) is 5.69 Å². The van der Waals surface area contributed by atoms with Gasteiger partial charge in [-0.15, -0.1) is 0 Å². The van der Waals surface area contributed by atoms with Crippen LogP contribution < -0.4 is 0 Å². The maximum atomic E-state index is 12.5. The third-order valence-electron chi connectivity index (χ3n) is 6.54. The zero-order valence-electron chi connectivity index (χ0n) is 17.3. The monoisotopic (exact) mass is 400 g/mol. The smallest absolute Gasteiger partial charge is 0.251 e. The topological polar surface area (TPSA) is 42.4 Å². The molecule has 4 heteroatoms. The fraction of sp³-hybridized carbons (Fsp3) is 0.385. The molecular weight excluding hydrogens is 372 g/mol. The number of amides is 1. The van der Waals surface area contributed by atoms with Crippen LogP contribution in [0.4, 0.5) is 0 Å². The number of hydrogen-bond donors (Lipinski definition) is 0. The van der Waals surface area contributed by atoms with Crippen molar-refractivity contribution in [1.29, 1.82) is 0 Å². The van der Waals surface area contributed by atoms with Gasteiger partial charge in [-0.3, -0.25) is 9.78 Å². The molecule has 0 spiro atoms. The second kappa shape index (κ2) is 8.57. The molecule has 1 amide bonds. The summed E-state index contributed by atoms with van der Waals surface area (Å²) in [5.74, 6) is 0.848. The number of piperidine rings is 1. The quantitative estimate of drug-likeness (QED) is 0.628. The van der Waals surface area contributed by atoms with Gasteiger partial charge in [-0.2, -0.15) is 0 Å². The standard InChI is InChI=1S/C26H28N2O2/c29-26(25-6-3-15-30-25)28-13-11-20(12-14-28)16-19-7-9-21(10-8-19)24-17-22-4-1-2-5-23(22)18-27-24/h1-2,4-5,7-10,17-18,20,25H,3,6,11-16H2. The number of aromatic nitrogens is 1. The molecule has 3 aromatic rings. The van der Waals surface area contributed by atoms with Crippen LogP contribution in [0.15, 0.2) is 60.8 Å². The third kappa shape index (κ3) is 4.10. The molecule has 2 aliphatic rings. The van der Waals surface area contributed by atoms with Crippen molar-refractivity contribution in [2.45, 2.75) is 38.2 Å². The number of nitrogens with zero attached hydrogens (tertiary/aromatic N) is 2. The molecule has 1 unspecified atom stereocenters. The number of carbonyl (C=O) groups is 1. The third-order valence-corrected chi connectivity index (χ3v) is 6.54. The van der Waals surface area contributed by atoms with Crippen molar-refractivity contribution in [1.82, 2.24) is 9.88 Å². The molecule has 3 heterocycles. The number of likely N-dealkylation sites (tertiary alicyclic amines) is 1. The summed E-state index contributed by atoms with van der Waals surface area (Å²) < 4.78 is 5.57. The first kappa shape index (κ1) is 19.3. The zero-order valence-corrected chi connectivity index (χ0v) is 17.3. The van der Waals surface area contributed by atoms with E-state index in [2.05, 4.69) is 53.5 Å². The van der Waals surface area contributed by atoms with Gasteiger partial charge in [-0.1, -0.05) is 48.5 Å². The molecule has 0 bridgehead atoms. The summed E-state index contributed by atoms with van der Waals surface area (Å²) in [6, 6.07) is 19.3. The predicted molar refractivity (Wildman–Crippen MR) is 119 cm³/mol. The second-order valence-corrected chi connectivity index (χ2v) is 8.59. The number of rotatable bonds is 4. The fourth-order valence-electron chi connectivity index (χ4n) is 4.72. The molecule has 1 atom stereocenters. The highest BCUT2D eigenvalue weighted by atomic mass is 16.5. The summed E-state index contributed by atoms with van der Waals surface area (Å²) in [6.45, 7) is 2.46. The molecule has 1 aromatic heterocycles. The van der Waals surface area contributed by atoms with Crippen LogP contribution in [0, 0.1) is 5.92 Å². The average molecular weight is 401 g/mol. The largest absolute Gasteiger partial charge is 0.368 e. The lowest BCUT2D eigenvalue weighted by Crippen LogP contribution is -2.44. The van der Waals surface area contributed by atoms with Gasteiger partial charge in [-0.25, -0.2) is 0 Å². The Hall–Kier alpha value is -2.72. The van der Waals surface area contributed by atoms with E-state index in [1.807, 2.05) is 17.2 Å². The molecular formula is C26H28N2O2. The highest BCUT2D eigenvalue weighted by molar-refractivity contribution is 5.85. The summed E-state index contributed by atoms with van der Waals surface area (Å²) in [4.78, 5) is 19.2. The summed E-state index contributed by atoms with van der Waals surface area (Å²) >= 11 is 0. The van der Waals surface area contributed by atoms with Gasteiger partial charge in [0.2, 0.25) is 0 Å². The zero-order chi connectivity index (χ0) is 20.3. The SMILES string of the molecule is O=C(C1CCCO1)N1CCC(Cc2ccc(-c3cc4ccccc4cn3)cc2)CC1. The summed E-state index contributed by atoms with van der Waals surface area (Å²) in [6.07, 6.45) is 6.89. The van der Waals surface area contributed by atoms with Crippen molar-refractivity contribution in [2.24, 2.45) is 5.92 Å². The van der Waals surface area contributed by atoms with E-state index in [-0.39, 0.29) is 12.0 Å². The number of carbonyl (C=O) groups excluding carboxylic acids is 1. The molecule has 0 N–H and O–H groups in total. The van der Waals surface area contributed by atoms with E-state index in [1.54, 1.807) is 0 Å². The maximum absolute atomic E-state index is 12.5. The van der Waals surface area contributed by atoms with Crippen molar-refractivity contribution in [2.75, 3.05) is 19.7 Å². The van der Waals surface area contributed by atoms with Crippen molar-refractivity contribution >= 4 is 16.7 Å². The number of fused-ring (bicyclic) bond motifs is 1. The van der Waals surface area contributed by atoms with Gasteiger partial charge in [0.25, 0.3) is 5.91 Å². The molecule has 2 aliphatic heterocycles. The Bertz CT molecular complexity index is 1020. The van der Waals surface area contributed by atoms with E-state index in [9.17, 15) is 4.79 Å². The first-order valence-electron chi connectivity index (χ1n) is 11.1. The molecule has 5 rings (SSSR count). The lowest BCUT2D eigenvalue weighted by molar-refractivity contribution is -0.142. The van der Waals surface area contributed by atoms with Crippen molar-refractivity contribution in [3.8, 4) is 11.3 Å². The summed E-state index contributed by atoms with van der Waals surface area (Å²) in [5, 5.41) is 2.39. The van der Waals surface area contributed by atoms with E-state index >= 15 is 0 Å². The lowest BCUT2D eigenvalue weighted by Gasteiger charge is -2.33. The van der Waals surface area contributed by atoms with E-state index in [0.29, 0.717) is 5.92 Å². The molecule has 2 saturated heterocycles. The second-order valence-electron chi connectivity index (χ2n) is 8.59. The van der Waals surface area contributed by atoms with Gasteiger partial charge < -0.3 is 9.64 Å². The molecule has 4 nitrogen and oxygen atoms in total. The van der Waals surface area contributed by atoms with Crippen LogP contribution in [0.5, 0.6) is 0 Å². The van der Waals surface area contributed by atoms with E-state index in [1.165, 1.54) is 16.3 Å². The van der Waals surface area contributed by atoms with Crippen LogP contribution in [0.25, 0.3) is 22.0 Å². The van der Waals surface area contributed by atoms with E-state index in [4.69, 9.17) is 4.74 Å². The van der Waals surface area contributed by atoms with E-state index < -0.39 is 0 Å². The molecule has 0 saturated carbocycles. The van der Waals surface area contributed by atoms with Crippen LogP contribution in [0.1, 0.15) is 31.2 Å². The van der Waals surface area contributed by atoms with Crippen molar-refractivity contribution in [3.63, 3.8) is 0 Å². The van der Waals surface area contributed by atoms with Crippen molar-refractivity contribution < 1.29 is 9.53 Å². The normalized spacial score (nSPS) is 20.0. The average Bonchev–Trinajstić information content (AvgIpc) is 3.34. The van der Waals surface area contributed by atoms with Gasteiger partial charge in [0, 0.05) is 36.8 Å². The van der Waals surface area contributed by atoms with Crippen molar-refractivity contribution in [3.05, 3.63) is 66.4 Å². The Balaban J connectivity index is 1.19. The number of pyridine rings is 1.